The van der Waals surface area contributed by atoms with E-state index in [1.807, 2.05) is 25.1 Å². The summed E-state index contributed by atoms with van der Waals surface area (Å²) in [6, 6.07) is 9.31. The van der Waals surface area contributed by atoms with Gasteiger partial charge in [-0.15, -0.1) is 10.2 Å². The lowest BCUT2D eigenvalue weighted by Gasteiger charge is -2.22. The number of hydrogen-bond acceptors (Lipinski definition) is 4. The fourth-order valence-corrected chi connectivity index (χ4v) is 3.07. The van der Waals surface area contributed by atoms with Gasteiger partial charge in [0, 0.05) is 16.8 Å². The van der Waals surface area contributed by atoms with Gasteiger partial charge in [-0.2, -0.15) is 0 Å². The zero-order valence-electron chi connectivity index (χ0n) is 13.7. The van der Waals surface area contributed by atoms with Crippen molar-refractivity contribution in [1.29, 1.82) is 0 Å². The predicted octanol–water partition coefficient (Wildman–Crippen LogP) is 4.24. The van der Waals surface area contributed by atoms with Gasteiger partial charge < -0.3 is 10.6 Å². The van der Waals surface area contributed by atoms with Gasteiger partial charge in [0.1, 0.15) is 0 Å². The number of nitrogens with zero attached hydrogens (tertiary/aromatic N) is 2. The number of aryl methyl sites for hydroxylation is 1. The highest BCUT2D eigenvalue weighted by molar-refractivity contribution is 6.30. The van der Waals surface area contributed by atoms with Crippen LogP contribution in [0, 0.1) is 6.92 Å². The number of aromatic nitrogens is 2. The molecule has 6 heteroatoms. The normalized spacial score (nSPS) is 15.1. The van der Waals surface area contributed by atoms with Gasteiger partial charge in [0.2, 0.25) is 0 Å². The van der Waals surface area contributed by atoms with Crippen LogP contribution in [0.15, 0.2) is 30.3 Å². The Morgan fingerprint density at radius 1 is 1.12 bits per heavy atom. The van der Waals surface area contributed by atoms with E-state index in [0.717, 1.165) is 24.1 Å². The molecule has 1 aliphatic rings. The third-order valence-electron chi connectivity index (χ3n) is 4.30. The molecule has 0 unspecified atom stereocenters. The molecule has 1 saturated carbocycles. The molecule has 0 aliphatic heterocycles. The van der Waals surface area contributed by atoms with Crippen molar-refractivity contribution >= 4 is 29.0 Å². The summed E-state index contributed by atoms with van der Waals surface area (Å²) in [5.41, 5.74) is 2.27. The molecule has 3 rings (SSSR count). The van der Waals surface area contributed by atoms with Crippen LogP contribution in [0.2, 0.25) is 5.02 Å². The van der Waals surface area contributed by atoms with Crippen LogP contribution in [0.25, 0.3) is 0 Å². The van der Waals surface area contributed by atoms with Crippen LogP contribution in [0.1, 0.15) is 48.2 Å². The number of anilines is 2. The number of rotatable bonds is 4. The molecule has 0 atom stereocenters. The number of carbonyl (C=O) groups is 1. The standard InChI is InChI=1S/C18H21ClN4O/c1-12-7-8-13(19)11-16(12)21-17-10-9-15(22-23-17)18(24)20-14-5-3-2-4-6-14/h7-11,14H,2-6H2,1H3,(H,20,24)(H,21,23). The van der Waals surface area contributed by atoms with E-state index in [4.69, 9.17) is 11.6 Å². The first kappa shape index (κ1) is 16.7. The lowest BCUT2D eigenvalue weighted by molar-refractivity contribution is 0.0921. The molecule has 0 radical (unpaired) electrons. The Labute approximate surface area is 146 Å². The molecule has 1 aromatic carbocycles. The summed E-state index contributed by atoms with van der Waals surface area (Å²) in [5.74, 6) is 0.425. The second-order valence-corrected chi connectivity index (χ2v) is 6.63. The van der Waals surface area contributed by atoms with E-state index in [1.165, 1.54) is 19.3 Å². The summed E-state index contributed by atoms with van der Waals surface area (Å²) in [6.07, 6.45) is 5.71. The minimum absolute atomic E-state index is 0.153. The van der Waals surface area contributed by atoms with Crippen molar-refractivity contribution in [3.8, 4) is 0 Å². The highest BCUT2D eigenvalue weighted by Crippen LogP contribution is 2.23. The van der Waals surface area contributed by atoms with Gasteiger partial charge in [0.05, 0.1) is 0 Å². The maximum absolute atomic E-state index is 12.2. The van der Waals surface area contributed by atoms with Crippen LogP contribution in [0.3, 0.4) is 0 Å². The fraction of sp³-hybridized carbons (Fsp3) is 0.389. The molecule has 24 heavy (non-hydrogen) atoms. The molecule has 0 spiro atoms. The molecule has 2 N–H and O–H groups in total. The number of amides is 1. The maximum Gasteiger partial charge on any atom is 0.272 e. The highest BCUT2D eigenvalue weighted by Gasteiger charge is 2.17. The molecule has 1 fully saturated rings. The third-order valence-corrected chi connectivity index (χ3v) is 4.54. The summed E-state index contributed by atoms with van der Waals surface area (Å²) in [4.78, 5) is 12.2. The van der Waals surface area contributed by atoms with Crippen LogP contribution in [-0.2, 0) is 0 Å². The van der Waals surface area contributed by atoms with Crippen molar-refractivity contribution in [2.24, 2.45) is 0 Å². The van der Waals surface area contributed by atoms with E-state index in [1.54, 1.807) is 12.1 Å². The SMILES string of the molecule is Cc1ccc(Cl)cc1Nc1ccc(C(=O)NC2CCCCC2)nn1. The lowest BCUT2D eigenvalue weighted by Crippen LogP contribution is -2.36. The second-order valence-electron chi connectivity index (χ2n) is 6.20. The van der Waals surface area contributed by atoms with Crippen LogP contribution < -0.4 is 10.6 Å². The Hall–Kier alpha value is -2.14. The molecule has 1 aromatic heterocycles. The van der Waals surface area contributed by atoms with Crippen molar-refractivity contribution in [3.63, 3.8) is 0 Å². The van der Waals surface area contributed by atoms with Crippen molar-refractivity contribution in [2.45, 2.75) is 45.1 Å². The highest BCUT2D eigenvalue weighted by atomic mass is 35.5. The fourth-order valence-electron chi connectivity index (χ4n) is 2.89. The Balaban J connectivity index is 1.64. The number of benzene rings is 1. The van der Waals surface area contributed by atoms with Gasteiger partial charge in [0.15, 0.2) is 11.5 Å². The van der Waals surface area contributed by atoms with Crippen molar-refractivity contribution < 1.29 is 4.79 Å². The van der Waals surface area contributed by atoms with Crippen molar-refractivity contribution in [3.05, 3.63) is 46.6 Å². The number of nitrogens with one attached hydrogen (secondary N) is 2. The smallest absolute Gasteiger partial charge is 0.272 e. The monoisotopic (exact) mass is 344 g/mol. The largest absolute Gasteiger partial charge is 0.348 e. The van der Waals surface area contributed by atoms with Crippen molar-refractivity contribution in [2.75, 3.05) is 5.32 Å². The van der Waals surface area contributed by atoms with Crippen molar-refractivity contribution in [1.82, 2.24) is 15.5 Å². The minimum atomic E-state index is -0.153. The first-order valence-electron chi connectivity index (χ1n) is 8.29. The number of carbonyl (C=O) groups excluding carboxylic acids is 1. The summed E-state index contributed by atoms with van der Waals surface area (Å²) >= 11 is 6.01. The second kappa shape index (κ2) is 7.62. The van der Waals surface area contributed by atoms with E-state index in [2.05, 4.69) is 20.8 Å². The molecular weight excluding hydrogens is 324 g/mol. The maximum atomic E-state index is 12.2. The van der Waals surface area contributed by atoms with E-state index in [0.29, 0.717) is 16.5 Å². The van der Waals surface area contributed by atoms with Gasteiger partial charge >= 0.3 is 0 Å². The summed E-state index contributed by atoms with van der Waals surface area (Å²) < 4.78 is 0. The summed E-state index contributed by atoms with van der Waals surface area (Å²) in [6.45, 7) is 1.98. The molecule has 126 valence electrons. The Bertz CT molecular complexity index is 711. The quantitative estimate of drug-likeness (QED) is 0.870. The Kier molecular flexibility index (Phi) is 5.30. The van der Waals surface area contributed by atoms with Gasteiger partial charge in [-0.25, -0.2) is 0 Å². The number of halogens is 1. The molecule has 0 saturated heterocycles. The topological polar surface area (TPSA) is 66.9 Å². The molecule has 0 bridgehead atoms. The lowest BCUT2D eigenvalue weighted by atomic mass is 9.95. The predicted molar refractivity (Wildman–Crippen MR) is 95.8 cm³/mol. The molecular formula is C18H21ClN4O. The zero-order chi connectivity index (χ0) is 16.9. The Morgan fingerprint density at radius 2 is 1.92 bits per heavy atom. The van der Waals surface area contributed by atoms with Gasteiger partial charge in [-0.1, -0.05) is 36.9 Å². The van der Waals surface area contributed by atoms with E-state index < -0.39 is 0 Å². The molecule has 1 amide bonds. The number of hydrogen-bond donors (Lipinski definition) is 2. The molecule has 5 nitrogen and oxygen atoms in total. The van der Waals surface area contributed by atoms with Crippen LogP contribution in [0.5, 0.6) is 0 Å². The third kappa shape index (κ3) is 4.23. The van der Waals surface area contributed by atoms with E-state index in [-0.39, 0.29) is 11.9 Å². The van der Waals surface area contributed by atoms with Crippen LogP contribution in [0.4, 0.5) is 11.5 Å². The van der Waals surface area contributed by atoms with Crippen LogP contribution >= 0.6 is 11.6 Å². The van der Waals surface area contributed by atoms with Gasteiger partial charge in [-0.3, -0.25) is 4.79 Å². The van der Waals surface area contributed by atoms with Gasteiger partial charge in [0.25, 0.3) is 5.91 Å². The van der Waals surface area contributed by atoms with Crippen LogP contribution in [-0.4, -0.2) is 22.1 Å². The van der Waals surface area contributed by atoms with E-state index >= 15 is 0 Å². The Morgan fingerprint density at radius 3 is 2.62 bits per heavy atom. The van der Waals surface area contributed by atoms with E-state index in [9.17, 15) is 4.79 Å². The van der Waals surface area contributed by atoms with Gasteiger partial charge in [-0.05, 0) is 49.6 Å². The molecule has 1 heterocycles. The summed E-state index contributed by atoms with van der Waals surface area (Å²) in [7, 11) is 0. The average Bonchev–Trinajstić information content (AvgIpc) is 2.60. The minimum Gasteiger partial charge on any atom is -0.348 e. The molecule has 1 aliphatic carbocycles. The average molecular weight is 345 g/mol. The zero-order valence-corrected chi connectivity index (χ0v) is 14.4. The first-order chi connectivity index (χ1) is 11.6. The first-order valence-corrected chi connectivity index (χ1v) is 8.67. The molecule has 2 aromatic rings. The summed E-state index contributed by atoms with van der Waals surface area (Å²) in [5, 5.41) is 15.0.